The van der Waals surface area contributed by atoms with Crippen LogP contribution in [0.4, 0.5) is 0 Å². The van der Waals surface area contributed by atoms with Crippen molar-refractivity contribution in [1.82, 2.24) is 9.80 Å². The summed E-state index contributed by atoms with van der Waals surface area (Å²) in [6, 6.07) is 0.422. The minimum Gasteiger partial charge on any atom is -0.395 e. The van der Waals surface area contributed by atoms with Crippen LogP contribution in [-0.2, 0) is 0 Å². The molecule has 0 radical (unpaired) electrons. The third kappa shape index (κ3) is 2.08. The van der Waals surface area contributed by atoms with E-state index in [4.69, 9.17) is 5.11 Å². The van der Waals surface area contributed by atoms with E-state index in [1.807, 2.05) is 0 Å². The highest BCUT2D eigenvalue weighted by Crippen LogP contribution is 2.26. The Bertz CT molecular complexity index is 181. The fourth-order valence-electron chi connectivity index (χ4n) is 2.35. The Morgan fingerprint density at radius 3 is 2.21 bits per heavy atom. The molecular formula is C10H20N2O2. The lowest BCUT2D eigenvalue weighted by Gasteiger charge is -2.45. The van der Waals surface area contributed by atoms with Gasteiger partial charge in [-0.15, -0.1) is 0 Å². The van der Waals surface area contributed by atoms with Gasteiger partial charge in [0.05, 0.1) is 12.7 Å². The molecule has 1 aliphatic heterocycles. The first-order valence-corrected chi connectivity index (χ1v) is 5.56. The van der Waals surface area contributed by atoms with Crippen LogP contribution in [0.3, 0.4) is 0 Å². The third-order valence-electron chi connectivity index (χ3n) is 3.49. The maximum absolute atomic E-state index is 9.53. The van der Waals surface area contributed by atoms with Gasteiger partial charge in [-0.2, -0.15) is 0 Å². The largest absolute Gasteiger partial charge is 0.395 e. The van der Waals surface area contributed by atoms with Gasteiger partial charge >= 0.3 is 0 Å². The van der Waals surface area contributed by atoms with Crippen molar-refractivity contribution in [3.8, 4) is 0 Å². The van der Waals surface area contributed by atoms with E-state index in [1.54, 1.807) is 0 Å². The van der Waals surface area contributed by atoms with Crippen molar-refractivity contribution in [3.05, 3.63) is 0 Å². The number of piperazine rings is 1. The SMILES string of the molecule is OCCN1CCN(C2CCC2O)CC1. The highest BCUT2D eigenvalue weighted by molar-refractivity contribution is 4.90. The van der Waals surface area contributed by atoms with Crippen molar-refractivity contribution in [3.63, 3.8) is 0 Å². The molecule has 4 nitrogen and oxygen atoms in total. The van der Waals surface area contributed by atoms with Crippen LogP contribution in [0.15, 0.2) is 0 Å². The molecule has 1 heterocycles. The second-order valence-electron chi connectivity index (χ2n) is 4.31. The first-order chi connectivity index (χ1) is 6.81. The van der Waals surface area contributed by atoms with Gasteiger partial charge in [0.15, 0.2) is 0 Å². The molecule has 4 heteroatoms. The van der Waals surface area contributed by atoms with Crippen LogP contribution in [-0.4, -0.2) is 71.5 Å². The molecule has 2 atom stereocenters. The lowest BCUT2D eigenvalue weighted by molar-refractivity contribution is -0.0399. The van der Waals surface area contributed by atoms with Gasteiger partial charge in [0, 0.05) is 38.8 Å². The van der Waals surface area contributed by atoms with Crippen molar-refractivity contribution < 1.29 is 10.2 Å². The molecule has 2 fully saturated rings. The van der Waals surface area contributed by atoms with Crippen LogP contribution in [0.5, 0.6) is 0 Å². The van der Waals surface area contributed by atoms with Crippen LogP contribution in [0, 0.1) is 0 Å². The maximum atomic E-state index is 9.53. The van der Waals surface area contributed by atoms with Crippen molar-refractivity contribution in [2.75, 3.05) is 39.3 Å². The number of aliphatic hydroxyl groups is 2. The molecule has 1 saturated carbocycles. The second-order valence-corrected chi connectivity index (χ2v) is 4.31. The van der Waals surface area contributed by atoms with Gasteiger partial charge < -0.3 is 10.2 Å². The summed E-state index contributed by atoms with van der Waals surface area (Å²) in [6.45, 7) is 5.20. The summed E-state index contributed by atoms with van der Waals surface area (Å²) >= 11 is 0. The number of aliphatic hydroxyl groups excluding tert-OH is 2. The molecule has 82 valence electrons. The molecule has 0 bridgehead atoms. The third-order valence-corrected chi connectivity index (χ3v) is 3.49. The molecule has 0 aromatic heterocycles. The zero-order valence-corrected chi connectivity index (χ0v) is 8.60. The number of hydrogen-bond acceptors (Lipinski definition) is 4. The first kappa shape index (κ1) is 10.4. The van der Waals surface area contributed by atoms with Crippen LogP contribution in [0.1, 0.15) is 12.8 Å². The molecule has 2 unspecified atom stereocenters. The average Bonchev–Trinajstić information content (AvgIpc) is 2.19. The molecule has 1 aliphatic carbocycles. The van der Waals surface area contributed by atoms with Gasteiger partial charge in [0.2, 0.25) is 0 Å². The Morgan fingerprint density at radius 2 is 1.79 bits per heavy atom. The quantitative estimate of drug-likeness (QED) is 0.621. The van der Waals surface area contributed by atoms with E-state index in [1.165, 1.54) is 0 Å². The van der Waals surface area contributed by atoms with E-state index in [2.05, 4.69) is 9.80 Å². The topological polar surface area (TPSA) is 46.9 Å². The van der Waals surface area contributed by atoms with Crippen LogP contribution < -0.4 is 0 Å². The lowest BCUT2D eigenvalue weighted by Crippen LogP contribution is -2.57. The minimum atomic E-state index is -0.0839. The first-order valence-electron chi connectivity index (χ1n) is 5.56. The van der Waals surface area contributed by atoms with Gasteiger partial charge in [-0.05, 0) is 12.8 Å². The van der Waals surface area contributed by atoms with Crippen LogP contribution in [0.2, 0.25) is 0 Å². The van der Waals surface area contributed by atoms with Crippen LogP contribution >= 0.6 is 0 Å². The Kier molecular flexibility index (Phi) is 3.38. The number of nitrogens with zero attached hydrogens (tertiary/aromatic N) is 2. The van der Waals surface area contributed by atoms with E-state index in [0.717, 1.165) is 45.6 Å². The van der Waals surface area contributed by atoms with Gasteiger partial charge in [-0.3, -0.25) is 9.80 Å². The van der Waals surface area contributed by atoms with Gasteiger partial charge in [0.1, 0.15) is 0 Å². The van der Waals surface area contributed by atoms with Crippen molar-refractivity contribution in [2.45, 2.75) is 25.0 Å². The fraction of sp³-hybridized carbons (Fsp3) is 1.00. The Morgan fingerprint density at radius 1 is 1.07 bits per heavy atom. The second kappa shape index (κ2) is 4.57. The number of rotatable bonds is 3. The van der Waals surface area contributed by atoms with Gasteiger partial charge in [-0.25, -0.2) is 0 Å². The minimum absolute atomic E-state index is 0.0839. The normalized spacial score (nSPS) is 35.6. The summed E-state index contributed by atoms with van der Waals surface area (Å²) in [5.74, 6) is 0. The Hall–Kier alpha value is -0.160. The molecule has 0 aromatic carbocycles. The summed E-state index contributed by atoms with van der Waals surface area (Å²) < 4.78 is 0. The fourth-order valence-corrected chi connectivity index (χ4v) is 2.35. The Labute approximate surface area is 85.1 Å². The number of hydrogen-bond donors (Lipinski definition) is 2. The molecule has 1 saturated heterocycles. The monoisotopic (exact) mass is 200 g/mol. The summed E-state index contributed by atoms with van der Waals surface area (Å²) in [4.78, 5) is 4.67. The summed E-state index contributed by atoms with van der Waals surface area (Å²) in [6.07, 6.45) is 2.04. The summed E-state index contributed by atoms with van der Waals surface area (Å²) in [5.41, 5.74) is 0. The van der Waals surface area contributed by atoms with E-state index in [-0.39, 0.29) is 12.7 Å². The number of β-amino-alcohol motifs (C(OH)–C–C–N with tert-alkyl or cyclic N) is 1. The van der Waals surface area contributed by atoms with Crippen LogP contribution in [0.25, 0.3) is 0 Å². The molecular weight excluding hydrogens is 180 g/mol. The predicted octanol–water partition coefficient (Wildman–Crippen LogP) is -0.880. The zero-order chi connectivity index (χ0) is 9.97. The van der Waals surface area contributed by atoms with E-state index >= 15 is 0 Å². The molecule has 2 aliphatic rings. The maximum Gasteiger partial charge on any atom is 0.0696 e. The highest BCUT2D eigenvalue weighted by Gasteiger charge is 2.35. The molecule has 0 aromatic rings. The molecule has 0 amide bonds. The van der Waals surface area contributed by atoms with Crippen molar-refractivity contribution >= 4 is 0 Å². The van der Waals surface area contributed by atoms with Gasteiger partial charge in [0.25, 0.3) is 0 Å². The molecule has 2 rings (SSSR count). The van der Waals surface area contributed by atoms with Crippen molar-refractivity contribution in [2.24, 2.45) is 0 Å². The lowest BCUT2D eigenvalue weighted by atomic mass is 9.87. The van der Waals surface area contributed by atoms with Gasteiger partial charge in [-0.1, -0.05) is 0 Å². The van der Waals surface area contributed by atoms with E-state index < -0.39 is 0 Å². The van der Waals surface area contributed by atoms with E-state index in [9.17, 15) is 5.11 Å². The predicted molar refractivity (Wildman–Crippen MR) is 54.1 cm³/mol. The zero-order valence-electron chi connectivity index (χ0n) is 8.60. The summed E-state index contributed by atoms with van der Waals surface area (Å²) in [5, 5.41) is 18.3. The molecule has 0 spiro atoms. The molecule has 2 N–H and O–H groups in total. The average molecular weight is 200 g/mol. The highest BCUT2D eigenvalue weighted by atomic mass is 16.3. The van der Waals surface area contributed by atoms with Crippen molar-refractivity contribution in [1.29, 1.82) is 0 Å². The molecule has 14 heavy (non-hydrogen) atoms. The standard InChI is InChI=1S/C10H20N2O2/c13-8-7-11-3-5-12(6-4-11)9-1-2-10(9)14/h9-10,13-14H,1-8H2. The Balaban J connectivity index is 1.73. The summed E-state index contributed by atoms with van der Waals surface area (Å²) in [7, 11) is 0. The van der Waals surface area contributed by atoms with E-state index in [0.29, 0.717) is 6.04 Å². The smallest absolute Gasteiger partial charge is 0.0696 e.